The van der Waals surface area contributed by atoms with Crippen molar-refractivity contribution in [1.29, 1.82) is 0 Å². The first-order valence-electron chi connectivity index (χ1n) is 9.09. The standard InChI is InChI=1S/C19H30N4O.HI/c1-15-4-3-5-17(12-15)18(23-8-10-24-11-9-23)14-22-19(20-2)21-13-16-6-7-16;/h3-5,12,16,18H,6-11,13-14H2,1-2H3,(H2,20,21,22);1H. The molecule has 25 heavy (non-hydrogen) atoms. The maximum atomic E-state index is 5.53. The molecule has 0 spiro atoms. The number of aliphatic imine (C=N–C) groups is 1. The second kappa shape index (κ2) is 10.3. The summed E-state index contributed by atoms with van der Waals surface area (Å²) in [6, 6.07) is 9.17. The highest BCUT2D eigenvalue weighted by Gasteiger charge is 2.24. The van der Waals surface area contributed by atoms with Gasteiger partial charge in [-0.15, -0.1) is 24.0 Å². The monoisotopic (exact) mass is 458 g/mol. The molecule has 1 heterocycles. The molecule has 1 atom stereocenters. The number of nitrogens with zero attached hydrogens (tertiary/aromatic N) is 2. The molecule has 1 aliphatic carbocycles. The third-order valence-electron chi connectivity index (χ3n) is 4.85. The summed E-state index contributed by atoms with van der Waals surface area (Å²) in [6.07, 6.45) is 2.70. The lowest BCUT2D eigenvalue weighted by atomic mass is 10.0. The minimum atomic E-state index is 0. The van der Waals surface area contributed by atoms with Gasteiger partial charge in [-0.05, 0) is 31.2 Å². The van der Waals surface area contributed by atoms with Crippen LogP contribution in [-0.2, 0) is 4.74 Å². The molecule has 2 fully saturated rings. The second-order valence-electron chi connectivity index (χ2n) is 6.86. The summed E-state index contributed by atoms with van der Waals surface area (Å²) in [5.41, 5.74) is 2.67. The number of guanidine groups is 1. The van der Waals surface area contributed by atoms with Crippen LogP contribution in [0.15, 0.2) is 29.3 Å². The van der Waals surface area contributed by atoms with Crippen molar-refractivity contribution in [3.05, 3.63) is 35.4 Å². The number of halogens is 1. The lowest BCUT2D eigenvalue weighted by Crippen LogP contribution is -2.46. The average Bonchev–Trinajstić information content (AvgIpc) is 3.43. The highest BCUT2D eigenvalue weighted by atomic mass is 127. The van der Waals surface area contributed by atoms with Gasteiger partial charge in [0.15, 0.2) is 5.96 Å². The summed E-state index contributed by atoms with van der Waals surface area (Å²) >= 11 is 0. The molecule has 1 unspecified atom stereocenters. The third-order valence-corrected chi connectivity index (χ3v) is 4.85. The van der Waals surface area contributed by atoms with E-state index in [4.69, 9.17) is 4.74 Å². The zero-order chi connectivity index (χ0) is 16.8. The van der Waals surface area contributed by atoms with Crippen LogP contribution in [0.25, 0.3) is 0 Å². The van der Waals surface area contributed by atoms with Crippen molar-refractivity contribution >= 4 is 29.9 Å². The maximum absolute atomic E-state index is 5.53. The summed E-state index contributed by atoms with van der Waals surface area (Å²) < 4.78 is 5.53. The molecule has 0 radical (unpaired) electrons. The Bertz CT molecular complexity index is 556. The molecule has 1 aliphatic heterocycles. The largest absolute Gasteiger partial charge is 0.379 e. The molecule has 140 valence electrons. The van der Waals surface area contributed by atoms with Gasteiger partial charge in [-0.2, -0.15) is 0 Å². The number of rotatable bonds is 6. The normalized spacial score (nSPS) is 19.8. The number of aryl methyl sites for hydroxylation is 1. The van der Waals surface area contributed by atoms with Crippen LogP contribution in [0.4, 0.5) is 0 Å². The van der Waals surface area contributed by atoms with Crippen molar-refractivity contribution in [1.82, 2.24) is 15.5 Å². The van der Waals surface area contributed by atoms with Gasteiger partial charge in [0, 0.05) is 33.2 Å². The van der Waals surface area contributed by atoms with E-state index in [9.17, 15) is 0 Å². The Morgan fingerprint density at radius 3 is 2.68 bits per heavy atom. The van der Waals surface area contributed by atoms with Crippen molar-refractivity contribution in [3.63, 3.8) is 0 Å². The first-order chi connectivity index (χ1) is 11.8. The van der Waals surface area contributed by atoms with Crippen LogP contribution in [0.1, 0.15) is 30.0 Å². The topological polar surface area (TPSA) is 48.9 Å². The lowest BCUT2D eigenvalue weighted by molar-refractivity contribution is 0.0170. The van der Waals surface area contributed by atoms with E-state index in [1.165, 1.54) is 24.0 Å². The van der Waals surface area contributed by atoms with E-state index in [1.54, 1.807) is 0 Å². The average molecular weight is 458 g/mol. The Hall–Kier alpha value is -0.860. The quantitative estimate of drug-likeness (QED) is 0.391. The van der Waals surface area contributed by atoms with E-state index in [0.717, 1.165) is 51.3 Å². The molecule has 1 saturated carbocycles. The van der Waals surface area contributed by atoms with Gasteiger partial charge < -0.3 is 15.4 Å². The van der Waals surface area contributed by atoms with Crippen molar-refractivity contribution in [2.45, 2.75) is 25.8 Å². The predicted molar refractivity (Wildman–Crippen MR) is 114 cm³/mol. The van der Waals surface area contributed by atoms with Crippen molar-refractivity contribution in [3.8, 4) is 0 Å². The molecular formula is C19H31IN4O. The Morgan fingerprint density at radius 2 is 2.04 bits per heavy atom. The predicted octanol–water partition coefficient (Wildman–Crippen LogP) is 2.56. The number of hydrogen-bond donors (Lipinski definition) is 2. The summed E-state index contributed by atoms with van der Waals surface area (Å²) in [5, 5.41) is 6.97. The van der Waals surface area contributed by atoms with Crippen LogP contribution in [-0.4, -0.2) is 57.3 Å². The maximum Gasteiger partial charge on any atom is 0.191 e. The molecule has 3 rings (SSSR count). The number of nitrogens with one attached hydrogen (secondary N) is 2. The van der Waals surface area contributed by atoms with Crippen LogP contribution >= 0.6 is 24.0 Å². The van der Waals surface area contributed by atoms with Gasteiger partial charge in [0.25, 0.3) is 0 Å². The van der Waals surface area contributed by atoms with Gasteiger partial charge in [-0.1, -0.05) is 29.8 Å². The summed E-state index contributed by atoms with van der Waals surface area (Å²) in [6.45, 7) is 7.64. The number of hydrogen-bond acceptors (Lipinski definition) is 3. The zero-order valence-corrected chi connectivity index (χ0v) is 17.7. The van der Waals surface area contributed by atoms with E-state index in [1.807, 2.05) is 7.05 Å². The first-order valence-corrected chi connectivity index (χ1v) is 9.09. The lowest BCUT2D eigenvalue weighted by Gasteiger charge is -2.35. The SMILES string of the molecule is CN=C(NCC1CC1)NCC(c1cccc(C)c1)N1CCOCC1.I. The summed E-state index contributed by atoms with van der Waals surface area (Å²) in [7, 11) is 1.85. The van der Waals surface area contributed by atoms with Crippen molar-refractivity contribution in [2.75, 3.05) is 46.4 Å². The van der Waals surface area contributed by atoms with E-state index >= 15 is 0 Å². The zero-order valence-electron chi connectivity index (χ0n) is 15.3. The third kappa shape index (κ3) is 6.42. The van der Waals surface area contributed by atoms with Crippen molar-refractivity contribution < 1.29 is 4.74 Å². The van der Waals surface area contributed by atoms with E-state index < -0.39 is 0 Å². The molecule has 0 amide bonds. The highest BCUT2D eigenvalue weighted by Crippen LogP contribution is 2.27. The van der Waals surface area contributed by atoms with Gasteiger partial charge in [-0.25, -0.2) is 0 Å². The molecule has 1 aromatic carbocycles. The summed E-state index contributed by atoms with van der Waals surface area (Å²) in [4.78, 5) is 6.88. The van der Waals surface area contributed by atoms with E-state index in [-0.39, 0.29) is 24.0 Å². The minimum absolute atomic E-state index is 0. The Kier molecular flexibility index (Phi) is 8.45. The van der Waals surface area contributed by atoms with Crippen LogP contribution in [0.5, 0.6) is 0 Å². The van der Waals surface area contributed by atoms with Crippen LogP contribution in [0.3, 0.4) is 0 Å². The number of morpholine rings is 1. The fraction of sp³-hybridized carbons (Fsp3) is 0.632. The smallest absolute Gasteiger partial charge is 0.191 e. The Labute approximate surface area is 168 Å². The van der Waals surface area contributed by atoms with E-state index in [2.05, 4.69) is 51.7 Å². The second-order valence-corrected chi connectivity index (χ2v) is 6.86. The Morgan fingerprint density at radius 1 is 1.28 bits per heavy atom. The number of ether oxygens (including phenoxy) is 1. The van der Waals surface area contributed by atoms with Crippen molar-refractivity contribution in [2.24, 2.45) is 10.9 Å². The molecular weight excluding hydrogens is 427 g/mol. The van der Waals surface area contributed by atoms with Gasteiger partial charge >= 0.3 is 0 Å². The highest BCUT2D eigenvalue weighted by molar-refractivity contribution is 14.0. The Balaban J connectivity index is 0.00000225. The van der Waals surface area contributed by atoms with E-state index in [0.29, 0.717) is 6.04 Å². The molecule has 2 N–H and O–H groups in total. The fourth-order valence-electron chi connectivity index (χ4n) is 3.20. The van der Waals surface area contributed by atoms with Crippen LogP contribution in [0.2, 0.25) is 0 Å². The fourth-order valence-corrected chi connectivity index (χ4v) is 3.20. The van der Waals surface area contributed by atoms with Gasteiger partial charge in [0.05, 0.1) is 19.3 Å². The van der Waals surface area contributed by atoms with Crippen LogP contribution in [0, 0.1) is 12.8 Å². The van der Waals surface area contributed by atoms with Gasteiger partial charge in [0.2, 0.25) is 0 Å². The molecule has 2 aliphatic rings. The van der Waals surface area contributed by atoms with Gasteiger partial charge in [-0.3, -0.25) is 9.89 Å². The minimum Gasteiger partial charge on any atom is -0.379 e. The number of benzene rings is 1. The molecule has 5 nitrogen and oxygen atoms in total. The molecule has 1 saturated heterocycles. The van der Waals surface area contributed by atoms with Crippen LogP contribution < -0.4 is 10.6 Å². The summed E-state index contributed by atoms with van der Waals surface area (Å²) in [5.74, 6) is 1.75. The molecule has 0 bridgehead atoms. The van der Waals surface area contributed by atoms with Gasteiger partial charge in [0.1, 0.15) is 0 Å². The molecule has 1 aromatic rings. The molecule has 6 heteroatoms. The first kappa shape index (κ1) is 20.5. The molecule has 0 aromatic heterocycles.